The van der Waals surface area contributed by atoms with Gasteiger partial charge in [0.15, 0.2) is 0 Å². The smallest absolute Gasteiger partial charge is 0.244 e. The highest BCUT2D eigenvalue weighted by atomic mass is 35.5. The molecular formula is C22H27Cl2N3O6S. The zero-order valence-corrected chi connectivity index (χ0v) is 21.8. The van der Waals surface area contributed by atoms with Crippen molar-refractivity contribution in [3.63, 3.8) is 0 Å². The number of hydrogen-bond donors (Lipinski definition) is 1. The van der Waals surface area contributed by atoms with Gasteiger partial charge in [-0.15, -0.1) is 0 Å². The third kappa shape index (κ3) is 6.68. The second-order valence-electron chi connectivity index (χ2n) is 7.37. The van der Waals surface area contributed by atoms with E-state index in [1.807, 2.05) is 0 Å². The molecule has 0 fully saturated rings. The van der Waals surface area contributed by atoms with Gasteiger partial charge < -0.3 is 19.7 Å². The van der Waals surface area contributed by atoms with Crippen LogP contribution in [0.4, 0.5) is 5.69 Å². The predicted molar refractivity (Wildman–Crippen MR) is 132 cm³/mol. The van der Waals surface area contributed by atoms with Crippen LogP contribution in [0.1, 0.15) is 12.5 Å². The number of anilines is 1. The number of sulfonamides is 1. The number of likely N-dealkylation sites (N-methyl/N-ethyl adjacent to an activating group) is 1. The lowest BCUT2D eigenvalue weighted by Gasteiger charge is -2.31. The Kier molecular flexibility index (Phi) is 9.43. The van der Waals surface area contributed by atoms with Crippen molar-refractivity contribution in [3.8, 4) is 11.5 Å². The van der Waals surface area contributed by atoms with Crippen molar-refractivity contribution in [1.29, 1.82) is 0 Å². The lowest BCUT2D eigenvalue weighted by Crippen LogP contribution is -2.50. The van der Waals surface area contributed by atoms with Gasteiger partial charge in [0.25, 0.3) is 0 Å². The molecule has 0 saturated carbocycles. The Balaban J connectivity index is 2.47. The Morgan fingerprint density at radius 3 is 2.26 bits per heavy atom. The fraction of sp³-hybridized carbons (Fsp3) is 0.364. The number of ether oxygens (including phenoxy) is 2. The van der Waals surface area contributed by atoms with Crippen LogP contribution >= 0.6 is 23.2 Å². The molecule has 0 aliphatic carbocycles. The molecule has 34 heavy (non-hydrogen) atoms. The summed E-state index contributed by atoms with van der Waals surface area (Å²) in [7, 11) is 0.386. The zero-order valence-electron chi connectivity index (χ0n) is 19.5. The summed E-state index contributed by atoms with van der Waals surface area (Å²) in [6, 6.07) is 8.49. The normalized spacial score (nSPS) is 12.0. The SMILES string of the molecule is CNC(=O)C(C)N(Cc1ccc(Cl)c(Cl)c1)C(=O)CN(c1ccc(OC)cc1OC)S(C)(=O)=O. The molecule has 1 N–H and O–H groups in total. The van der Waals surface area contributed by atoms with Crippen LogP contribution in [-0.4, -0.2) is 65.2 Å². The quantitative estimate of drug-likeness (QED) is 0.505. The Morgan fingerprint density at radius 1 is 1.06 bits per heavy atom. The van der Waals surface area contributed by atoms with Crippen molar-refractivity contribution in [2.45, 2.75) is 19.5 Å². The molecular weight excluding hydrogens is 505 g/mol. The number of rotatable bonds is 10. The van der Waals surface area contributed by atoms with Crippen molar-refractivity contribution in [3.05, 3.63) is 52.0 Å². The van der Waals surface area contributed by atoms with Crippen molar-refractivity contribution in [1.82, 2.24) is 10.2 Å². The summed E-state index contributed by atoms with van der Waals surface area (Å²) < 4.78 is 36.8. The molecule has 0 bridgehead atoms. The minimum atomic E-state index is -3.91. The van der Waals surface area contributed by atoms with E-state index < -0.39 is 34.4 Å². The highest BCUT2D eigenvalue weighted by Gasteiger charge is 2.31. The maximum atomic E-state index is 13.4. The monoisotopic (exact) mass is 531 g/mol. The molecule has 9 nitrogen and oxygen atoms in total. The number of carbonyl (C=O) groups excluding carboxylic acids is 2. The van der Waals surface area contributed by atoms with E-state index >= 15 is 0 Å². The van der Waals surface area contributed by atoms with Crippen LogP contribution in [0.15, 0.2) is 36.4 Å². The Labute approximate surface area is 209 Å². The van der Waals surface area contributed by atoms with Crippen molar-refractivity contribution in [2.75, 3.05) is 38.4 Å². The van der Waals surface area contributed by atoms with Crippen molar-refractivity contribution in [2.24, 2.45) is 0 Å². The first-order valence-corrected chi connectivity index (χ1v) is 12.7. The molecule has 0 aliphatic heterocycles. The predicted octanol–water partition coefficient (Wildman–Crippen LogP) is 2.94. The maximum Gasteiger partial charge on any atom is 0.244 e. The minimum Gasteiger partial charge on any atom is -0.497 e. The van der Waals surface area contributed by atoms with Gasteiger partial charge in [-0.3, -0.25) is 13.9 Å². The summed E-state index contributed by atoms with van der Waals surface area (Å²) in [5.74, 6) is -0.366. The highest BCUT2D eigenvalue weighted by Crippen LogP contribution is 2.33. The van der Waals surface area contributed by atoms with Crippen LogP contribution < -0.4 is 19.1 Å². The van der Waals surface area contributed by atoms with E-state index in [4.69, 9.17) is 32.7 Å². The summed E-state index contributed by atoms with van der Waals surface area (Å²) in [6.07, 6.45) is 0.982. The number of nitrogens with one attached hydrogen (secondary N) is 1. The highest BCUT2D eigenvalue weighted by molar-refractivity contribution is 7.92. The van der Waals surface area contributed by atoms with Crippen molar-refractivity contribution < 1.29 is 27.5 Å². The number of carbonyl (C=O) groups is 2. The molecule has 0 spiro atoms. The first-order valence-electron chi connectivity index (χ1n) is 10.1. The van der Waals surface area contributed by atoms with E-state index in [9.17, 15) is 18.0 Å². The molecule has 1 unspecified atom stereocenters. The molecule has 2 aromatic rings. The van der Waals surface area contributed by atoms with Gasteiger partial charge in [-0.25, -0.2) is 8.42 Å². The van der Waals surface area contributed by atoms with Crippen LogP contribution in [-0.2, 0) is 26.2 Å². The molecule has 0 aromatic heterocycles. The molecule has 0 heterocycles. The zero-order chi connectivity index (χ0) is 25.6. The summed E-state index contributed by atoms with van der Waals surface area (Å²) in [5, 5.41) is 3.14. The average Bonchev–Trinajstić information content (AvgIpc) is 2.80. The van der Waals surface area contributed by atoms with E-state index in [2.05, 4.69) is 5.32 Å². The molecule has 186 valence electrons. The molecule has 0 aliphatic rings. The number of halogens is 2. The van der Waals surface area contributed by atoms with Crippen LogP contribution in [0.25, 0.3) is 0 Å². The van der Waals surface area contributed by atoms with Crippen molar-refractivity contribution >= 4 is 50.7 Å². The fourth-order valence-electron chi connectivity index (χ4n) is 3.21. The molecule has 2 amide bonds. The standard InChI is InChI=1S/C22H27Cl2N3O6S/c1-14(22(29)25-2)26(12-15-6-8-17(23)18(24)10-15)21(28)13-27(34(5,30)31)19-9-7-16(32-3)11-20(19)33-4/h6-11,14H,12-13H2,1-5H3,(H,25,29). The number of benzene rings is 2. The summed E-state index contributed by atoms with van der Waals surface area (Å²) in [5.41, 5.74) is 0.771. The first kappa shape index (κ1) is 27.6. The molecule has 2 aromatic carbocycles. The van der Waals surface area contributed by atoms with Gasteiger partial charge in [0.2, 0.25) is 21.8 Å². The topological polar surface area (TPSA) is 105 Å². The Bertz CT molecular complexity index is 1160. The largest absolute Gasteiger partial charge is 0.497 e. The lowest BCUT2D eigenvalue weighted by molar-refractivity contribution is -0.139. The first-order chi connectivity index (χ1) is 15.9. The van der Waals surface area contributed by atoms with E-state index in [0.717, 1.165) is 10.6 Å². The summed E-state index contributed by atoms with van der Waals surface area (Å²) in [4.78, 5) is 27.1. The van der Waals surface area contributed by atoms with E-state index in [1.165, 1.54) is 38.3 Å². The number of methoxy groups -OCH3 is 2. The van der Waals surface area contributed by atoms with Gasteiger partial charge in [-0.2, -0.15) is 0 Å². The van der Waals surface area contributed by atoms with Crippen LogP contribution in [0.5, 0.6) is 11.5 Å². The fourth-order valence-corrected chi connectivity index (χ4v) is 4.39. The summed E-state index contributed by atoms with van der Waals surface area (Å²) in [6.45, 7) is 0.985. The maximum absolute atomic E-state index is 13.4. The van der Waals surface area contributed by atoms with E-state index in [-0.39, 0.29) is 18.0 Å². The van der Waals surface area contributed by atoms with Gasteiger partial charge in [0.05, 0.1) is 36.2 Å². The number of nitrogens with zero attached hydrogens (tertiary/aromatic N) is 2. The van der Waals surface area contributed by atoms with Gasteiger partial charge >= 0.3 is 0 Å². The minimum absolute atomic E-state index is 0.00165. The van der Waals surface area contributed by atoms with Gasteiger partial charge in [-0.05, 0) is 36.8 Å². The van der Waals surface area contributed by atoms with Gasteiger partial charge in [0.1, 0.15) is 24.1 Å². The molecule has 0 radical (unpaired) electrons. The van der Waals surface area contributed by atoms with Crippen LogP contribution in [0.2, 0.25) is 10.0 Å². The number of amides is 2. The van der Waals surface area contributed by atoms with Crippen LogP contribution in [0.3, 0.4) is 0 Å². The third-order valence-electron chi connectivity index (χ3n) is 5.09. The van der Waals surface area contributed by atoms with E-state index in [1.54, 1.807) is 31.2 Å². The van der Waals surface area contributed by atoms with Gasteiger partial charge in [-0.1, -0.05) is 29.3 Å². The lowest BCUT2D eigenvalue weighted by atomic mass is 10.1. The molecule has 2 rings (SSSR count). The van der Waals surface area contributed by atoms with E-state index in [0.29, 0.717) is 21.4 Å². The molecule has 1 atom stereocenters. The van der Waals surface area contributed by atoms with Crippen LogP contribution in [0, 0.1) is 0 Å². The molecule has 12 heteroatoms. The second kappa shape index (κ2) is 11.6. The Hall–Kier alpha value is -2.69. The summed E-state index contributed by atoms with van der Waals surface area (Å²) >= 11 is 12.1. The van der Waals surface area contributed by atoms with Gasteiger partial charge in [0, 0.05) is 19.7 Å². The number of hydrogen-bond acceptors (Lipinski definition) is 6. The second-order valence-corrected chi connectivity index (χ2v) is 10.1. The molecule has 0 saturated heterocycles. The average molecular weight is 532 g/mol. The third-order valence-corrected chi connectivity index (χ3v) is 6.95. The Morgan fingerprint density at radius 2 is 1.74 bits per heavy atom.